The molecule has 0 spiro atoms. The van der Waals surface area contributed by atoms with Crippen LogP contribution in [0.1, 0.15) is 42.1 Å². The van der Waals surface area contributed by atoms with E-state index >= 15 is 0 Å². The molecule has 0 radical (unpaired) electrons. The number of esters is 1. The van der Waals surface area contributed by atoms with Gasteiger partial charge in [0.2, 0.25) is 5.56 Å². The van der Waals surface area contributed by atoms with Crippen molar-refractivity contribution in [2.45, 2.75) is 32.7 Å². The molecule has 7 nitrogen and oxygen atoms in total. The van der Waals surface area contributed by atoms with Crippen LogP contribution in [-0.4, -0.2) is 40.7 Å². The highest BCUT2D eigenvalue weighted by atomic mass is 16.5. The number of pyridine rings is 1. The number of ether oxygens (including phenoxy) is 1. The number of H-pyrrole nitrogens is 1. The summed E-state index contributed by atoms with van der Waals surface area (Å²) in [6.45, 7) is 4.40. The van der Waals surface area contributed by atoms with Gasteiger partial charge in [0, 0.05) is 35.3 Å². The molecule has 7 heteroatoms. The van der Waals surface area contributed by atoms with E-state index in [1.807, 2.05) is 0 Å². The molecule has 3 aromatic rings. The maximum Gasteiger partial charge on any atom is 0.342 e. The predicted octanol–water partition coefficient (Wildman–Crippen LogP) is 3.66. The van der Waals surface area contributed by atoms with Crippen molar-refractivity contribution < 1.29 is 19.1 Å². The fourth-order valence-corrected chi connectivity index (χ4v) is 3.90. The second-order valence-corrected chi connectivity index (χ2v) is 7.24. The molecule has 0 aliphatic carbocycles. The number of aromatic nitrogens is 1. The Kier molecular flexibility index (Phi) is 5.40. The number of phenols is 1. The van der Waals surface area contributed by atoms with E-state index in [1.165, 1.54) is 18.7 Å². The molecule has 2 aromatic heterocycles. The Morgan fingerprint density at radius 1 is 1.21 bits per heavy atom. The van der Waals surface area contributed by atoms with Crippen molar-refractivity contribution in [1.29, 1.82) is 0 Å². The maximum absolute atomic E-state index is 12.9. The first-order valence-corrected chi connectivity index (χ1v) is 9.94. The second kappa shape index (κ2) is 8.13. The number of nitrogens with zero attached hydrogens (tertiary/aromatic N) is 1. The molecule has 0 amide bonds. The number of furan rings is 1. The van der Waals surface area contributed by atoms with Gasteiger partial charge >= 0.3 is 5.97 Å². The zero-order valence-corrected chi connectivity index (χ0v) is 16.4. The molecule has 152 valence electrons. The molecule has 0 atom stereocenters. The lowest BCUT2D eigenvalue weighted by Crippen LogP contribution is -2.29. The average molecular weight is 396 g/mol. The van der Waals surface area contributed by atoms with Crippen LogP contribution in [0.3, 0.4) is 0 Å². The standard InChI is InChI=1S/C22H24N2O5/c1-2-28-22(27)20-19-15(13-24-10-4-3-5-11-24)16(25)7-8-17(19)29-21(20)14-6-9-18(26)23-12-14/h6-9,12,25H,2-5,10-11,13H2,1H3,(H,23,26). The van der Waals surface area contributed by atoms with Gasteiger partial charge in [-0.25, -0.2) is 4.79 Å². The van der Waals surface area contributed by atoms with Crippen LogP contribution in [0.15, 0.2) is 39.7 Å². The van der Waals surface area contributed by atoms with E-state index in [9.17, 15) is 14.7 Å². The molecule has 29 heavy (non-hydrogen) atoms. The zero-order chi connectivity index (χ0) is 20.4. The van der Waals surface area contributed by atoms with Gasteiger partial charge < -0.3 is 19.2 Å². The summed E-state index contributed by atoms with van der Waals surface area (Å²) < 4.78 is 11.3. The number of likely N-dealkylation sites (tertiary alicyclic amines) is 1. The van der Waals surface area contributed by atoms with Crippen molar-refractivity contribution in [2.24, 2.45) is 0 Å². The molecule has 0 bridgehead atoms. The van der Waals surface area contributed by atoms with Gasteiger partial charge in [0.05, 0.1) is 6.61 Å². The molecule has 2 N–H and O–H groups in total. The van der Waals surface area contributed by atoms with Crippen LogP contribution in [0.2, 0.25) is 0 Å². The Morgan fingerprint density at radius 3 is 2.69 bits per heavy atom. The van der Waals surface area contributed by atoms with Crippen LogP contribution in [0.4, 0.5) is 0 Å². The lowest BCUT2D eigenvalue weighted by Gasteiger charge is -2.27. The van der Waals surface area contributed by atoms with Gasteiger partial charge in [-0.1, -0.05) is 6.42 Å². The first-order valence-electron chi connectivity index (χ1n) is 9.94. The quantitative estimate of drug-likeness (QED) is 0.639. The van der Waals surface area contributed by atoms with Gasteiger partial charge in [-0.3, -0.25) is 9.69 Å². The normalized spacial score (nSPS) is 14.9. The topological polar surface area (TPSA) is 95.8 Å². The highest BCUT2D eigenvalue weighted by Crippen LogP contribution is 2.39. The summed E-state index contributed by atoms with van der Waals surface area (Å²) in [6, 6.07) is 6.23. The summed E-state index contributed by atoms with van der Waals surface area (Å²) in [7, 11) is 0. The minimum atomic E-state index is -0.516. The molecule has 1 aromatic carbocycles. The summed E-state index contributed by atoms with van der Waals surface area (Å²) in [6.07, 6.45) is 4.96. The van der Waals surface area contributed by atoms with Crippen molar-refractivity contribution in [3.63, 3.8) is 0 Å². The molecular weight excluding hydrogens is 372 g/mol. The van der Waals surface area contributed by atoms with Crippen molar-refractivity contribution in [3.8, 4) is 17.1 Å². The minimum Gasteiger partial charge on any atom is -0.508 e. The number of nitrogens with one attached hydrogen (secondary N) is 1. The van der Waals surface area contributed by atoms with Gasteiger partial charge in [0.15, 0.2) is 5.76 Å². The fourth-order valence-electron chi connectivity index (χ4n) is 3.90. The van der Waals surface area contributed by atoms with Crippen molar-refractivity contribution in [3.05, 3.63) is 51.9 Å². The first-order chi connectivity index (χ1) is 14.1. The first kappa shape index (κ1) is 19.3. The van der Waals surface area contributed by atoms with E-state index in [-0.39, 0.29) is 23.5 Å². The van der Waals surface area contributed by atoms with Crippen molar-refractivity contribution in [1.82, 2.24) is 9.88 Å². The van der Waals surface area contributed by atoms with E-state index in [0.717, 1.165) is 25.9 Å². The zero-order valence-electron chi connectivity index (χ0n) is 16.4. The Bertz CT molecular complexity index is 1070. The molecular formula is C22H24N2O5. The number of hydrogen-bond acceptors (Lipinski definition) is 6. The van der Waals surface area contributed by atoms with Crippen molar-refractivity contribution in [2.75, 3.05) is 19.7 Å². The third-order valence-corrected chi connectivity index (χ3v) is 5.30. The number of carbonyl (C=O) groups is 1. The van der Waals surface area contributed by atoms with Crippen molar-refractivity contribution >= 4 is 16.9 Å². The number of aromatic amines is 1. The summed E-state index contributed by atoms with van der Waals surface area (Å²) in [4.78, 5) is 29.2. The van der Waals surface area contributed by atoms with E-state index in [2.05, 4.69) is 9.88 Å². The predicted molar refractivity (Wildman–Crippen MR) is 109 cm³/mol. The molecule has 1 aliphatic rings. The highest BCUT2D eigenvalue weighted by molar-refractivity contribution is 6.10. The third kappa shape index (κ3) is 3.78. The number of carbonyl (C=O) groups excluding carboxylic acids is 1. The Balaban J connectivity index is 1.91. The van der Waals surface area contributed by atoms with Gasteiger partial charge in [0.1, 0.15) is 16.9 Å². The van der Waals surface area contributed by atoms with Crippen LogP contribution < -0.4 is 5.56 Å². The number of aromatic hydroxyl groups is 1. The van der Waals surface area contributed by atoms with E-state index in [0.29, 0.717) is 34.4 Å². The molecule has 1 saturated heterocycles. The monoisotopic (exact) mass is 396 g/mol. The smallest absolute Gasteiger partial charge is 0.342 e. The highest BCUT2D eigenvalue weighted by Gasteiger charge is 2.27. The number of benzene rings is 1. The molecule has 3 heterocycles. The number of fused-ring (bicyclic) bond motifs is 1. The Morgan fingerprint density at radius 2 is 2.00 bits per heavy atom. The molecule has 0 unspecified atom stereocenters. The van der Waals surface area contributed by atoms with Crippen LogP contribution in [0, 0.1) is 0 Å². The SMILES string of the molecule is CCOC(=O)c1c(-c2ccc(=O)[nH]c2)oc2ccc(O)c(CN3CCCCC3)c12. The van der Waals surface area contributed by atoms with Crippen LogP contribution >= 0.6 is 0 Å². The average Bonchev–Trinajstić information content (AvgIpc) is 3.11. The lowest BCUT2D eigenvalue weighted by molar-refractivity contribution is 0.0528. The van der Waals surface area contributed by atoms with Crippen LogP contribution in [0.25, 0.3) is 22.3 Å². The summed E-state index contributed by atoms with van der Waals surface area (Å²) >= 11 is 0. The third-order valence-electron chi connectivity index (χ3n) is 5.30. The molecule has 1 fully saturated rings. The fraction of sp³-hybridized carbons (Fsp3) is 0.364. The van der Waals surface area contributed by atoms with Gasteiger partial charge in [-0.2, -0.15) is 0 Å². The second-order valence-electron chi connectivity index (χ2n) is 7.24. The van der Waals surface area contributed by atoms with Gasteiger partial charge in [-0.05, 0) is 51.1 Å². The largest absolute Gasteiger partial charge is 0.508 e. The van der Waals surface area contributed by atoms with Gasteiger partial charge in [-0.15, -0.1) is 0 Å². The minimum absolute atomic E-state index is 0.127. The molecule has 4 rings (SSSR count). The van der Waals surface area contributed by atoms with Crippen LogP contribution in [-0.2, 0) is 11.3 Å². The maximum atomic E-state index is 12.9. The molecule has 0 saturated carbocycles. The Hall–Kier alpha value is -3.06. The van der Waals surface area contributed by atoms with E-state index in [1.54, 1.807) is 25.1 Å². The van der Waals surface area contributed by atoms with E-state index in [4.69, 9.17) is 9.15 Å². The van der Waals surface area contributed by atoms with Crippen LogP contribution in [0.5, 0.6) is 5.75 Å². The summed E-state index contributed by atoms with van der Waals surface area (Å²) in [5, 5.41) is 11.2. The van der Waals surface area contributed by atoms with E-state index < -0.39 is 5.97 Å². The number of hydrogen-bond donors (Lipinski definition) is 2. The lowest BCUT2D eigenvalue weighted by atomic mass is 10.0. The summed E-state index contributed by atoms with van der Waals surface area (Å²) in [5.74, 6) is -0.0689. The summed E-state index contributed by atoms with van der Waals surface area (Å²) in [5.41, 5.74) is 1.75. The van der Waals surface area contributed by atoms with Gasteiger partial charge in [0.25, 0.3) is 0 Å². The number of phenolic OH excluding ortho intramolecular Hbond substituents is 1. The number of rotatable bonds is 5. The molecule has 1 aliphatic heterocycles. The Labute approximate surface area is 167 Å². The number of piperidine rings is 1.